The summed E-state index contributed by atoms with van der Waals surface area (Å²) in [7, 11) is 0. The molecule has 0 aromatic heterocycles. The Balaban J connectivity index is 2.81. The van der Waals surface area contributed by atoms with Crippen LogP contribution < -0.4 is 5.32 Å². The van der Waals surface area contributed by atoms with Gasteiger partial charge in [0.15, 0.2) is 0 Å². The fourth-order valence-electron chi connectivity index (χ4n) is 1.40. The number of carbonyl (C=O) groups excluding carboxylic acids is 1. The Hall–Kier alpha value is -1.07. The summed E-state index contributed by atoms with van der Waals surface area (Å²) in [6.45, 7) is 3.42. The first-order valence-corrected chi connectivity index (χ1v) is 6.94. The first kappa shape index (κ1) is 16.0. The van der Waals surface area contributed by atoms with Gasteiger partial charge in [-0.05, 0) is 41.4 Å². The lowest BCUT2D eigenvalue weighted by Gasteiger charge is -2.23. The Labute approximate surface area is 125 Å². The van der Waals surface area contributed by atoms with Crippen LogP contribution >= 0.6 is 27.5 Å². The molecule has 0 saturated heterocycles. The number of amides is 1. The van der Waals surface area contributed by atoms with E-state index >= 15 is 0 Å². The molecule has 0 heterocycles. The summed E-state index contributed by atoms with van der Waals surface area (Å²) in [5.41, 5.74) is -0.659. The molecule has 4 nitrogen and oxygen atoms in total. The van der Waals surface area contributed by atoms with Crippen molar-refractivity contribution in [1.29, 1.82) is 0 Å². The summed E-state index contributed by atoms with van der Waals surface area (Å²) < 4.78 is 0.623. The summed E-state index contributed by atoms with van der Waals surface area (Å²) in [6.07, 6.45) is 0.425. The molecule has 0 aliphatic rings. The highest BCUT2D eigenvalue weighted by atomic mass is 79.9. The van der Waals surface area contributed by atoms with Crippen molar-refractivity contribution in [2.45, 2.75) is 20.3 Å². The Kier molecular flexibility index (Phi) is 5.38. The molecule has 19 heavy (non-hydrogen) atoms. The molecule has 1 amide bonds. The second-order valence-electron chi connectivity index (χ2n) is 4.50. The van der Waals surface area contributed by atoms with Gasteiger partial charge in [0.1, 0.15) is 0 Å². The number of aliphatic carboxylic acids is 1. The average molecular weight is 349 g/mol. The van der Waals surface area contributed by atoms with Crippen molar-refractivity contribution in [2.75, 3.05) is 6.54 Å². The SMILES string of the molecule is CCC(C)(CNC(=O)c1cccc(Br)c1Cl)C(=O)O. The zero-order valence-corrected chi connectivity index (χ0v) is 13.0. The maximum Gasteiger partial charge on any atom is 0.311 e. The fourth-order valence-corrected chi connectivity index (χ4v) is 1.98. The predicted molar refractivity (Wildman–Crippen MR) is 77.5 cm³/mol. The third-order valence-electron chi connectivity index (χ3n) is 3.13. The topological polar surface area (TPSA) is 66.4 Å². The van der Waals surface area contributed by atoms with Crippen LogP contribution in [0.25, 0.3) is 0 Å². The molecule has 104 valence electrons. The van der Waals surface area contributed by atoms with Gasteiger partial charge < -0.3 is 10.4 Å². The summed E-state index contributed by atoms with van der Waals surface area (Å²) in [5, 5.41) is 12.1. The number of hydrogen-bond donors (Lipinski definition) is 2. The zero-order chi connectivity index (χ0) is 14.6. The molecule has 1 aromatic rings. The van der Waals surface area contributed by atoms with Crippen molar-refractivity contribution in [2.24, 2.45) is 5.41 Å². The minimum Gasteiger partial charge on any atom is -0.481 e. The molecule has 1 aromatic carbocycles. The monoisotopic (exact) mass is 347 g/mol. The number of carbonyl (C=O) groups is 2. The minimum absolute atomic E-state index is 0.0561. The summed E-state index contributed by atoms with van der Waals surface area (Å²) in [5.74, 6) is -1.32. The molecule has 0 bridgehead atoms. The number of hydrogen-bond acceptors (Lipinski definition) is 2. The van der Waals surface area contributed by atoms with E-state index in [9.17, 15) is 9.59 Å². The Morgan fingerprint density at radius 2 is 2.11 bits per heavy atom. The zero-order valence-electron chi connectivity index (χ0n) is 10.7. The molecule has 6 heteroatoms. The van der Waals surface area contributed by atoms with Crippen molar-refractivity contribution >= 4 is 39.4 Å². The normalized spacial score (nSPS) is 13.7. The van der Waals surface area contributed by atoms with E-state index < -0.39 is 11.4 Å². The van der Waals surface area contributed by atoms with E-state index in [0.717, 1.165) is 0 Å². The summed E-state index contributed by atoms with van der Waals surface area (Å²) in [4.78, 5) is 23.1. The fraction of sp³-hybridized carbons (Fsp3) is 0.385. The van der Waals surface area contributed by atoms with Gasteiger partial charge >= 0.3 is 5.97 Å². The van der Waals surface area contributed by atoms with Crippen LogP contribution in [-0.2, 0) is 4.79 Å². The molecule has 0 spiro atoms. The standard InChI is InChI=1S/C13H15BrClNO3/c1-3-13(2,12(18)19)7-16-11(17)8-5-4-6-9(14)10(8)15/h4-6H,3,7H2,1-2H3,(H,16,17)(H,18,19). The molecule has 1 atom stereocenters. The maximum atomic E-state index is 12.0. The number of benzene rings is 1. The highest BCUT2D eigenvalue weighted by Gasteiger charge is 2.31. The number of carboxylic acids is 1. The Bertz CT molecular complexity index is 507. The van der Waals surface area contributed by atoms with Gasteiger partial charge in [-0.25, -0.2) is 0 Å². The minimum atomic E-state index is -0.978. The molecule has 1 unspecified atom stereocenters. The van der Waals surface area contributed by atoms with Crippen molar-refractivity contribution in [1.82, 2.24) is 5.32 Å². The molecule has 0 aliphatic carbocycles. The molecule has 1 rings (SSSR count). The van der Waals surface area contributed by atoms with E-state index in [1.807, 2.05) is 0 Å². The smallest absolute Gasteiger partial charge is 0.311 e. The molecular formula is C13H15BrClNO3. The van der Waals surface area contributed by atoms with Crippen molar-refractivity contribution in [3.8, 4) is 0 Å². The molecular weight excluding hydrogens is 334 g/mol. The van der Waals surface area contributed by atoms with E-state index in [1.54, 1.807) is 32.0 Å². The summed E-state index contributed by atoms with van der Waals surface area (Å²) in [6, 6.07) is 5.01. The van der Waals surface area contributed by atoms with Crippen LogP contribution in [0.5, 0.6) is 0 Å². The van der Waals surface area contributed by atoms with Crippen LogP contribution in [0.2, 0.25) is 5.02 Å². The van der Waals surface area contributed by atoms with E-state index in [4.69, 9.17) is 16.7 Å². The molecule has 2 N–H and O–H groups in total. The molecule has 0 fully saturated rings. The van der Waals surface area contributed by atoms with Gasteiger partial charge in [-0.2, -0.15) is 0 Å². The highest BCUT2D eigenvalue weighted by Crippen LogP contribution is 2.26. The van der Waals surface area contributed by atoms with Crippen molar-refractivity contribution in [3.63, 3.8) is 0 Å². The average Bonchev–Trinajstić information content (AvgIpc) is 2.38. The number of halogens is 2. The second-order valence-corrected chi connectivity index (χ2v) is 5.74. The van der Waals surface area contributed by atoms with Gasteiger partial charge in [0, 0.05) is 11.0 Å². The molecule has 0 aliphatic heterocycles. The predicted octanol–water partition coefficient (Wildman–Crippen LogP) is 3.33. The van der Waals surface area contributed by atoms with Crippen LogP contribution in [0, 0.1) is 5.41 Å². The van der Waals surface area contributed by atoms with Crippen LogP contribution in [0.15, 0.2) is 22.7 Å². The Morgan fingerprint density at radius 3 is 2.63 bits per heavy atom. The van der Waals surface area contributed by atoms with Crippen molar-refractivity contribution in [3.05, 3.63) is 33.3 Å². The number of nitrogens with one attached hydrogen (secondary N) is 1. The van der Waals surface area contributed by atoms with Crippen LogP contribution in [0.4, 0.5) is 0 Å². The Morgan fingerprint density at radius 1 is 1.47 bits per heavy atom. The second kappa shape index (κ2) is 6.39. The molecule has 0 radical (unpaired) electrons. The first-order valence-electron chi connectivity index (χ1n) is 5.77. The van der Waals surface area contributed by atoms with Gasteiger partial charge in [-0.3, -0.25) is 9.59 Å². The third kappa shape index (κ3) is 3.70. The molecule has 0 saturated carbocycles. The van der Waals surface area contributed by atoms with Crippen molar-refractivity contribution < 1.29 is 14.7 Å². The lowest BCUT2D eigenvalue weighted by atomic mass is 9.87. The van der Waals surface area contributed by atoms with E-state index in [1.165, 1.54) is 0 Å². The van der Waals surface area contributed by atoms with E-state index in [0.29, 0.717) is 21.5 Å². The maximum absolute atomic E-state index is 12.0. The van der Waals surface area contributed by atoms with Crippen LogP contribution in [-0.4, -0.2) is 23.5 Å². The lowest BCUT2D eigenvalue weighted by Crippen LogP contribution is -2.40. The summed E-state index contributed by atoms with van der Waals surface area (Å²) >= 11 is 9.25. The van der Waals surface area contributed by atoms with Gasteiger partial charge in [0.25, 0.3) is 5.91 Å². The number of carboxylic acid groups (broad SMARTS) is 1. The van der Waals surface area contributed by atoms with Gasteiger partial charge in [-0.15, -0.1) is 0 Å². The quantitative estimate of drug-likeness (QED) is 0.857. The van der Waals surface area contributed by atoms with Gasteiger partial charge in [-0.1, -0.05) is 24.6 Å². The highest BCUT2D eigenvalue weighted by molar-refractivity contribution is 9.10. The van der Waals surface area contributed by atoms with E-state index in [2.05, 4.69) is 21.2 Å². The lowest BCUT2D eigenvalue weighted by molar-refractivity contribution is -0.147. The van der Waals surface area contributed by atoms with Crippen LogP contribution in [0.1, 0.15) is 30.6 Å². The van der Waals surface area contributed by atoms with Crippen LogP contribution in [0.3, 0.4) is 0 Å². The third-order valence-corrected chi connectivity index (χ3v) is 4.43. The number of rotatable bonds is 5. The van der Waals surface area contributed by atoms with E-state index in [-0.39, 0.29) is 12.5 Å². The van der Waals surface area contributed by atoms with Gasteiger partial charge in [0.05, 0.1) is 16.0 Å². The first-order chi connectivity index (χ1) is 8.81. The van der Waals surface area contributed by atoms with Gasteiger partial charge in [0.2, 0.25) is 0 Å². The largest absolute Gasteiger partial charge is 0.481 e.